The molecule has 0 amide bonds. The third-order valence-electron chi connectivity index (χ3n) is 2.40. The van der Waals surface area contributed by atoms with Gasteiger partial charge in [0, 0.05) is 11.1 Å². The standard InChI is InChI=1S/C12H16FNO2/c1-7(2)12-9(13)4-8(10(15)6-14)5-11(12)16-3/h4-5,7H,6,14H2,1-3H3. The molecule has 1 aromatic carbocycles. The Morgan fingerprint density at radius 3 is 2.56 bits per heavy atom. The van der Waals surface area contributed by atoms with Gasteiger partial charge in [-0.25, -0.2) is 4.39 Å². The summed E-state index contributed by atoms with van der Waals surface area (Å²) in [5.74, 6) is -0.331. The zero-order valence-corrected chi connectivity index (χ0v) is 9.71. The lowest BCUT2D eigenvalue weighted by atomic mass is 9.98. The number of carbonyl (C=O) groups excluding carboxylic acids is 1. The molecule has 16 heavy (non-hydrogen) atoms. The van der Waals surface area contributed by atoms with Crippen molar-refractivity contribution in [3.05, 3.63) is 29.1 Å². The van der Waals surface area contributed by atoms with Crippen LogP contribution in [-0.4, -0.2) is 19.4 Å². The van der Waals surface area contributed by atoms with E-state index >= 15 is 0 Å². The van der Waals surface area contributed by atoms with Crippen LogP contribution in [0.15, 0.2) is 12.1 Å². The molecule has 0 radical (unpaired) electrons. The van der Waals surface area contributed by atoms with Crippen LogP contribution in [0.5, 0.6) is 5.75 Å². The Hall–Kier alpha value is -1.42. The van der Waals surface area contributed by atoms with Crippen LogP contribution < -0.4 is 10.5 Å². The summed E-state index contributed by atoms with van der Waals surface area (Å²) < 4.78 is 18.9. The number of halogens is 1. The van der Waals surface area contributed by atoms with Gasteiger partial charge in [0.05, 0.1) is 13.7 Å². The summed E-state index contributed by atoms with van der Waals surface area (Å²) >= 11 is 0. The van der Waals surface area contributed by atoms with Crippen molar-refractivity contribution < 1.29 is 13.9 Å². The van der Waals surface area contributed by atoms with E-state index in [2.05, 4.69) is 0 Å². The molecule has 0 fully saturated rings. The van der Waals surface area contributed by atoms with Crippen molar-refractivity contribution in [3.8, 4) is 5.75 Å². The van der Waals surface area contributed by atoms with Gasteiger partial charge in [0.1, 0.15) is 11.6 Å². The summed E-state index contributed by atoms with van der Waals surface area (Å²) in [5.41, 5.74) is 5.96. The van der Waals surface area contributed by atoms with Crippen molar-refractivity contribution in [2.24, 2.45) is 5.73 Å². The van der Waals surface area contributed by atoms with E-state index in [1.807, 2.05) is 13.8 Å². The maximum atomic E-state index is 13.8. The van der Waals surface area contributed by atoms with Crippen LogP contribution in [0.3, 0.4) is 0 Å². The molecular weight excluding hydrogens is 209 g/mol. The molecule has 0 aliphatic rings. The van der Waals surface area contributed by atoms with Crippen molar-refractivity contribution in [1.82, 2.24) is 0 Å². The van der Waals surface area contributed by atoms with Crippen LogP contribution in [0.2, 0.25) is 0 Å². The Balaban J connectivity index is 3.32. The van der Waals surface area contributed by atoms with E-state index in [0.717, 1.165) is 0 Å². The fourth-order valence-corrected chi connectivity index (χ4v) is 1.60. The lowest BCUT2D eigenvalue weighted by Gasteiger charge is -2.14. The van der Waals surface area contributed by atoms with Crippen LogP contribution in [0.4, 0.5) is 4.39 Å². The molecule has 4 heteroatoms. The molecule has 0 saturated carbocycles. The zero-order chi connectivity index (χ0) is 12.3. The predicted octanol–water partition coefficient (Wildman–Crippen LogP) is 2.10. The number of methoxy groups -OCH3 is 1. The molecule has 0 aliphatic carbocycles. The van der Waals surface area contributed by atoms with Gasteiger partial charge in [0.15, 0.2) is 5.78 Å². The van der Waals surface area contributed by atoms with Crippen molar-refractivity contribution >= 4 is 5.78 Å². The van der Waals surface area contributed by atoms with E-state index < -0.39 is 5.82 Å². The molecule has 1 rings (SSSR count). The highest BCUT2D eigenvalue weighted by Gasteiger charge is 2.17. The van der Waals surface area contributed by atoms with E-state index in [0.29, 0.717) is 11.3 Å². The van der Waals surface area contributed by atoms with Crippen LogP contribution in [-0.2, 0) is 0 Å². The van der Waals surface area contributed by atoms with Gasteiger partial charge >= 0.3 is 0 Å². The molecule has 0 spiro atoms. The first-order valence-corrected chi connectivity index (χ1v) is 5.12. The highest BCUT2D eigenvalue weighted by molar-refractivity contribution is 5.98. The van der Waals surface area contributed by atoms with Crippen LogP contribution >= 0.6 is 0 Å². The highest BCUT2D eigenvalue weighted by Crippen LogP contribution is 2.30. The van der Waals surface area contributed by atoms with Crippen LogP contribution in [0.25, 0.3) is 0 Å². The molecule has 0 unspecified atom stereocenters. The molecule has 3 nitrogen and oxygen atoms in total. The third-order valence-corrected chi connectivity index (χ3v) is 2.40. The number of Topliss-reactive ketones (excluding diaryl/α,β-unsaturated/α-hetero) is 1. The number of ether oxygens (including phenoxy) is 1. The second-order valence-electron chi connectivity index (χ2n) is 3.86. The summed E-state index contributed by atoms with van der Waals surface area (Å²) in [6.45, 7) is 3.60. The minimum atomic E-state index is -0.425. The van der Waals surface area contributed by atoms with E-state index in [1.54, 1.807) is 0 Å². The molecule has 0 aromatic heterocycles. The number of hydrogen-bond acceptors (Lipinski definition) is 3. The molecule has 0 aliphatic heterocycles. The minimum Gasteiger partial charge on any atom is -0.496 e. The van der Waals surface area contributed by atoms with Gasteiger partial charge < -0.3 is 10.5 Å². The van der Waals surface area contributed by atoms with Gasteiger partial charge in [-0.15, -0.1) is 0 Å². The maximum Gasteiger partial charge on any atom is 0.176 e. The van der Waals surface area contributed by atoms with E-state index in [1.165, 1.54) is 19.2 Å². The quantitative estimate of drug-likeness (QED) is 0.798. The van der Waals surface area contributed by atoms with Gasteiger partial charge in [0.2, 0.25) is 0 Å². The van der Waals surface area contributed by atoms with Crippen LogP contribution in [0, 0.1) is 5.82 Å². The number of benzene rings is 1. The first kappa shape index (κ1) is 12.6. The summed E-state index contributed by atoms with van der Waals surface area (Å²) in [6.07, 6.45) is 0. The maximum absolute atomic E-state index is 13.8. The number of hydrogen-bond donors (Lipinski definition) is 1. The number of carbonyl (C=O) groups is 1. The number of rotatable bonds is 4. The van der Waals surface area contributed by atoms with Crippen molar-refractivity contribution in [1.29, 1.82) is 0 Å². The van der Waals surface area contributed by atoms with Crippen molar-refractivity contribution in [2.45, 2.75) is 19.8 Å². The Kier molecular flexibility index (Phi) is 4.01. The van der Waals surface area contributed by atoms with Gasteiger partial charge in [-0.3, -0.25) is 4.79 Å². The number of nitrogens with two attached hydrogens (primary N) is 1. The average Bonchev–Trinajstić information content (AvgIpc) is 2.26. The van der Waals surface area contributed by atoms with E-state index in [9.17, 15) is 9.18 Å². The topological polar surface area (TPSA) is 52.3 Å². The Morgan fingerprint density at radius 2 is 2.12 bits per heavy atom. The molecule has 0 atom stereocenters. The lowest BCUT2D eigenvalue weighted by Crippen LogP contribution is -2.14. The highest BCUT2D eigenvalue weighted by atomic mass is 19.1. The van der Waals surface area contributed by atoms with Gasteiger partial charge in [-0.2, -0.15) is 0 Å². The normalized spacial score (nSPS) is 10.6. The summed E-state index contributed by atoms with van der Waals surface area (Å²) in [6, 6.07) is 2.75. The first-order chi connectivity index (χ1) is 7.51. The number of ketones is 1. The Labute approximate surface area is 94.4 Å². The molecular formula is C12H16FNO2. The molecule has 88 valence electrons. The van der Waals surface area contributed by atoms with Crippen molar-refractivity contribution in [2.75, 3.05) is 13.7 Å². The molecule has 0 heterocycles. The Morgan fingerprint density at radius 1 is 1.50 bits per heavy atom. The predicted molar refractivity (Wildman–Crippen MR) is 60.4 cm³/mol. The average molecular weight is 225 g/mol. The van der Waals surface area contributed by atoms with Gasteiger partial charge in [-0.05, 0) is 18.1 Å². The molecule has 1 aromatic rings. The Bertz CT molecular complexity index is 402. The summed E-state index contributed by atoms with van der Waals surface area (Å²) in [7, 11) is 1.46. The van der Waals surface area contributed by atoms with Gasteiger partial charge in [-0.1, -0.05) is 13.8 Å². The SMILES string of the molecule is COc1cc(C(=O)CN)cc(F)c1C(C)C. The molecule has 0 saturated heterocycles. The van der Waals surface area contributed by atoms with E-state index in [4.69, 9.17) is 10.5 Å². The van der Waals surface area contributed by atoms with Crippen LogP contribution in [0.1, 0.15) is 35.7 Å². The monoisotopic (exact) mass is 225 g/mol. The van der Waals surface area contributed by atoms with Crippen molar-refractivity contribution in [3.63, 3.8) is 0 Å². The molecule has 0 bridgehead atoms. The zero-order valence-electron chi connectivity index (χ0n) is 9.71. The molecule has 2 N–H and O–H groups in total. The second kappa shape index (κ2) is 5.07. The third kappa shape index (κ3) is 2.39. The minimum absolute atomic E-state index is 0.00280. The largest absolute Gasteiger partial charge is 0.496 e. The fourth-order valence-electron chi connectivity index (χ4n) is 1.60. The second-order valence-corrected chi connectivity index (χ2v) is 3.86. The van der Waals surface area contributed by atoms with E-state index in [-0.39, 0.29) is 23.8 Å². The summed E-state index contributed by atoms with van der Waals surface area (Å²) in [4.78, 5) is 11.4. The summed E-state index contributed by atoms with van der Waals surface area (Å²) in [5, 5.41) is 0. The first-order valence-electron chi connectivity index (χ1n) is 5.12. The smallest absolute Gasteiger partial charge is 0.176 e. The van der Waals surface area contributed by atoms with Gasteiger partial charge in [0.25, 0.3) is 0 Å². The lowest BCUT2D eigenvalue weighted by molar-refractivity contribution is 0.100. The fraction of sp³-hybridized carbons (Fsp3) is 0.417.